The Balaban J connectivity index is 1.68. The average Bonchev–Trinajstić information content (AvgIpc) is 2.46. The Bertz CT molecular complexity index is 411. The summed E-state index contributed by atoms with van der Waals surface area (Å²) >= 11 is 0. The van der Waals surface area contributed by atoms with Crippen LogP contribution in [0.2, 0.25) is 0 Å². The van der Waals surface area contributed by atoms with E-state index in [1.165, 1.54) is 5.56 Å². The van der Waals surface area contributed by atoms with Gasteiger partial charge in [-0.1, -0.05) is 30.3 Å². The summed E-state index contributed by atoms with van der Waals surface area (Å²) in [6, 6.07) is 10.1. The van der Waals surface area contributed by atoms with E-state index < -0.39 is 12.1 Å². The van der Waals surface area contributed by atoms with Crippen molar-refractivity contribution < 1.29 is 13.2 Å². The lowest BCUT2D eigenvalue weighted by atomic mass is 9.95. The summed E-state index contributed by atoms with van der Waals surface area (Å²) in [7, 11) is 0. The highest BCUT2D eigenvalue weighted by molar-refractivity contribution is 5.14. The predicted molar refractivity (Wildman–Crippen MR) is 78.0 cm³/mol. The van der Waals surface area contributed by atoms with Crippen LogP contribution in [0.15, 0.2) is 30.3 Å². The monoisotopic (exact) mass is 300 g/mol. The van der Waals surface area contributed by atoms with E-state index in [1.807, 2.05) is 18.2 Å². The number of nitrogens with zero attached hydrogens (tertiary/aromatic N) is 1. The molecule has 1 atom stereocenters. The fourth-order valence-electron chi connectivity index (χ4n) is 2.86. The van der Waals surface area contributed by atoms with Crippen molar-refractivity contribution in [2.24, 2.45) is 11.7 Å². The molecule has 0 spiro atoms. The summed E-state index contributed by atoms with van der Waals surface area (Å²) in [6.45, 7) is 1.70. The van der Waals surface area contributed by atoms with Crippen molar-refractivity contribution in [3.8, 4) is 0 Å². The third-order valence-electron chi connectivity index (χ3n) is 4.19. The molecule has 1 aromatic carbocycles. The Morgan fingerprint density at radius 2 is 1.76 bits per heavy atom. The van der Waals surface area contributed by atoms with Crippen molar-refractivity contribution in [3.05, 3.63) is 35.9 Å². The van der Waals surface area contributed by atoms with Crippen molar-refractivity contribution in [2.75, 3.05) is 19.6 Å². The summed E-state index contributed by atoms with van der Waals surface area (Å²) in [5, 5.41) is 0. The lowest BCUT2D eigenvalue weighted by Crippen LogP contribution is -2.44. The molecule has 2 rings (SSSR count). The van der Waals surface area contributed by atoms with Crippen LogP contribution in [0.5, 0.6) is 0 Å². The van der Waals surface area contributed by atoms with E-state index in [1.54, 1.807) is 0 Å². The summed E-state index contributed by atoms with van der Waals surface area (Å²) in [6.07, 6.45) is -1.85. The van der Waals surface area contributed by atoms with Gasteiger partial charge < -0.3 is 10.6 Å². The van der Waals surface area contributed by atoms with Gasteiger partial charge in [0.15, 0.2) is 0 Å². The largest absolute Gasteiger partial charge is 0.391 e. The van der Waals surface area contributed by atoms with Gasteiger partial charge in [0, 0.05) is 12.6 Å². The van der Waals surface area contributed by atoms with Gasteiger partial charge in [-0.15, -0.1) is 0 Å². The Hall–Kier alpha value is -1.07. The number of rotatable bonds is 5. The van der Waals surface area contributed by atoms with E-state index in [9.17, 15) is 13.2 Å². The molecule has 5 heteroatoms. The van der Waals surface area contributed by atoms with E-state index in [2.05, 4.69) is 17.0 Å². The zero-order valence-electron chi connectivity index (χ0n) is 12.1. The second-order valence-corrected chi connectivity index (χ2v) is 5.90. The quantitative estimate of drug-likeness (QED) is 0.904. The SMILES string of the molecule is NC(CCc1ccccc1)CN1CCC(C(F)(F)F)CC1. The molecule has 21 heavy (non-hydrogen) atoms. The van der Waals surface area contributed by atoms with Crippen LogP contribution in [0.25, 0.3) is 0 Å². The van der Waals surface area contributed by atoms with Crippen LogP contribution in [-0.4, -0.2) is 36.8 Å². The van der Waals surface area contributed by atoms with E-state index in [-0.39, 0.29) is 18.9 Å². The van der Waals surface area contributed by atoms with Crippen LogP contribution >= 0.6 is 0 Å². The fraction of sp³-hybridized carbons (Fsp3) is 0.625. The minimum Gasteiger partial charge on any atom is -0.327 e. The van der Waals surface area contributed by atoms with Gasteiger partial charge in [0.1, 0.15) is 0 Å². The van der Waals surface area contributed by atoms with Gasteiger partial charge in [0.2, 0.25) is 0 Å². The number of hydrogen-bond acceptors (Lipinski definition) is 2. The van der Waals surface area contributed by atoms with Crippen LogP contribution in [0.1, 0.15) is 24.8 Å². The molecule has 1 fully saturated rings. The Kier molecular flexibility index (Phi) is 5.65. The first kappa shape index (κ1) is 16.3. The molecule has 1 aromatic rings. The second-order valence-electron chi connectivity index (χ2n) is 5.90. The highest BCUT2D eigenvalue weighted by Gasteiger charge is 2.41. The number of piperidine rings is 1. The van der Waals surface area contributed by atoms with Crippen LogP contribution in [0, 0.1) is 5.92 Å². The summed E-state index contributed by atoms with van der Waals surface area (Å²) < 4.78 is 37.8. The number of aryl methyl sites for hydroxylation is 1. The Labute approximate surface area is 124 Å². The Morgan fingerprint density at radius 3 is 2.33 bits per heavy atom. The molecule has 1 unspecified atom stereocenters. The maximum atomic E-state index is 12.6. The lowest BCUT2D eigenvalue weighted by molar-refractivity contribution is -0.185. The first-order valence-electron chi connectivity index (χ1n) is 7.53. The van der Waals surface area contributed by atoms with Crippen molar-refractivity contribution in [3.63, 3.8) is 0 Å². The standard InChI is InChI=1S/C16H23F3N2/c17-16(18,19)14-8-10-21(11-9-14)12-15(20)7-6-13-4-2-1-3-5-13/h1-5,14-15H,6-12,20H2. The zero-order chi connectivity index (χ0) is 15.3. The number of halogens is 3. The second kappa shape index (κ2) is 7.27. The molecule has 0 radical (unpaired) electrons. The molecule has 0 saturated carbocycles. The van der Waals surface area contributed by atoms with Crippen molar-refractivity contribution in [1.82, 2.24) is 4.90 Å². The van der Waals surface area contributed by atoms with E-state index in [4.69, 9.17) is 5.73 Å². The van der Waals surface area contributed by atoms with Gasteiger partial charge in [-0.2, -0.15) is 13.2 Å². The van der Waals surface area contributed by atoms with Gasteiger partial charge in [-0.25, -0.2) is 0 Å². The molecule has 1 aliphatic heterocycles. The van der Waals surface area contributed by atoms with E-state index in [0.29, 0.717) is 19.6 Å². The number of nitrogens with two attached hydrogens (primary N) is 1. The molecule has 0 amide bonds. The van der Waals surface area contributed by atoms with Crippen molar-refractivity contribution in [1.29, 1.82) is 0 Å². The molecular formula is C16H23F3N2. The molecule has 1 aliphatic rings. The molecule has 0 aliphatic carbocycles. The van der Waals surface area contributed by atoms with Gasteiger partial charge in [0.05, 0.1) is 5.92 Å². The highest BCUT2D eigenvalue weighted by atomic mass is 19.4. The van der Waals surface area contributed by atoms with Crippen LogP contribution in [0.3, 0.4) is 0 Å². The van der Waals surface area contributed by atoms with Gasteiger partial charge in [0.25, 0.3) is 0 Å². The van der Waals surface area contributed by atoms with E-state index in [0.717, 1.165) is 12.8 Å². The molecular weight excluding hydrogens is 277 g/mol. The third kappa shape index (κ3) is 5.32. The molecule has 118 valence electrons. The average molecular weight is 300 g/mol. The van der Waals surface area contributed by atoms with Crippen molar-refractivity contribution in [2.45, 2.75) is 37.9 Å². The minimum absolute atomic E-state index is 0.0210. The Morgan fingerprint density at radius 1 is 1.14 bits per heavy atom. The summed E-state index contributed by atoms with van der Waals surface area (Å²) in [5.41, 5.74) is 7.36. The lowest BCUT2D eigenvalue weighted by Gasteiger charge is -2.34. The van der Waals surface area contributed by atoms with Gasteiger partial charge >= 0.3 is 6.18 Å². The summed E-state index contributed by atoms with van der Waals surface area (Å²) in [4.78, 5) is 2.07. The van der Waals surface area contributed by atoms with Gasteiger partial charge in [-0.05, 0) is 44.3 Å². The normalized spacial score (nSPS) is 19.6. The molecule has 0 aromatic heterocycles. The molecule has 1 saturated heterocycles. The minimum atomic E-state index is -4.04. The van der Waals surface area contributed by atoms with Crippen molar-refractivity contribution >= 4 is 0 Å². The van der Waals surface area contributed by atoms with Gasteiger partial charge in [-0.3, -0.25) is 0 Å². The first-order valence-corrected chi connectivity index (χ1v) is 7.53. The van der Waals surface area contributed by atoms with E-state index >= 15 is 0 Å². The molecule has 2 nitrogen and oxygen atoms in total. The fourth-order valence-corrected chi connectivity index (χ4v) is 2.86. The van der Waals surface area contributed by atoms with Crippen LogP contribution in [-0.2, 0) is 6.42 Å². The first-order chi connectivity index (χ1) is 9.95. The molecule has 1 heterocycles. The predicted octanol–water partition coefficient (Wildman–Crippen LogP) is 3.22. The van der Waals surface area contributed by atoms with Crippen LogP contribution in [0.4, 0.5) is 13.2 Å². The molecule has 0 bridgehead atoms. The number of benzene rings is 1. The molecule has 2 N–H and O–H groups in total. The highest BCUT2D eigenvalue weighted by Crippen LogP contribution is 2.34. The zero-order valence-corrected chi connectivity index (χ0v) is 12.1. The van der Waals surface area contributed by atoms with Crippen LogP contribution < -0.4 is 5.73 Å². The number of likely N-dealkylation sites (tertiary alicyclic amines) is 1. The number of alkyl halides is 3. The summed E-state index contributed by atoms with van der Waals surface area (Å²) in [5.74, 6) is -1.13. The smallest absolute Gasteiger partial charge is 0.327 e. The maximum Gasteiger partial charge on any atom is 0.391 e. The topological polar surface area (TPSA) is 29.3 Å². The maximum absolute atomic E-state index is 12.6. The third-order valence-corrected chi connectivity index (χ3v) is 4.19. The number of hydrogen-bond donors (Lipinski definition) is 1.